The second-order valence-electron chi connectivity index (χ2n) is 4.13. The smallest absolute Gasteiger partial charge is 0.242 e. The molecule has 0 rings (SSSR count). The highest BCUT2D eigenvalue weighted by molar-refractivity contribution is 5.89. The molecule has 18 heavy (non-hydrogen) atoms. The Balaban J connectivity index is 4.30. The molecule has 7 heteroatoms. The van der Waals surface area contributed by atoms with Crippen LogP contribution in [-0.2, 0) is 14.4 Å². The van der Waals surface area contributed by atoms with Crippen LogP contribution in [0.15, 0.2) is 0 Å². The van der Waals surface area contributed by atoms with Gasteiger partial charge in [-0.1, -0.05) is 6.92 Å². The van der Waals surface area contributed by atoms with E-state index >= 15 is 0 Å². The van der Waals surface area contributed by atoms with Crippen LogP contribution in [-0.4, -0.2) is 67.8 Å². The minimum atomic E-state index is -0.591. The first-order valence-corrected chi connectivity index (χ1v) is 5.78. The number of amides is 3. The first-order valence-electron chi connectivity index (χ1n) is 5.78. The van der Waals surface area contributed by atoms with Gasteiger partial charge >= 0.3 is 0 Å². The van der Waals surface area contributed by atoms with Gasteiger partial charge in [-0.05, 0) is 6.42 Å². The lowest BCUT2D eigenvalue weighted by Gasteiger charge is -2.23. The third-order valence-corrected chi connectivity index (χ3v) is 2.59. The summed E-state index contributed by atoms with van der Waals surface area (Å²) in [7, 11) is 4.52. The molecule has 0 spiro atoms. The Morgan fingerprint density at radius 3 is 2.17 bits per heavy atom. The molecule has 0 bridgehead atoms. The highest BCUT2D eigenvalue weighted by atomic mass is 16.2. The van der Waals surface area contributed by atoms with Crippen molar-refractivity contribution in [1.29, 1.82) is 0 Å². The van der Waals surface area contributed by atoms with Crippen LogP contribution < -0.4 is 11.1 Å². The fraction of sp³-hybridized carbons (Fsp3) is 0.727. The van der Waals surface area contributed by atoms with Gasteiger partial charge in [-0.2, -0.15) is 0 Å². The Morgan fingerprint density at radius 1 is 1.17 bits per heavy atom. The number of likely N-dealkylation sites (N-methyl/N-ethyl adjacent to an activating group) is 3. The number of nitrogens with zero attached hydrogens (tertiary/aromatic N) is 2. The van der Waals surface area contributed by atoms with E-state index in [2.05, 4.69) is 5.32 Å². The quantitative estimate of drug-likeness (QED) is 0.599. The van der Waals surface area contributed by atoms with Crippen LogP contribution in [0.25, 0.3) is 0 Å². The Hall–Kier alpha value is -1.63. The normalized spacial score (nSPS) is 11.6. The molecular weight excluding hydrogens is 236 g/mol. The number of carbonyl (C=O) groups is 3. The van der Waals surface area contributed by atoms with Gasteiger partial charge < -0.3 is 20.9 Å². The summed E-state index contributed by atoms with van der Waals surface area (Å²) in [5.41, 5.74) is 5.59. The van der Waals surface area contributed by atoms with Crippen molar-refractivity contribution in [3.8, 4) is 0 Å². The van der Waals surface area contributed by atoms with E-state index in [1.807, 2.05) is 0 Å². The molecule has 0 aliphatic rings. The molecule has 0 aliphatic heterocycles. The van der Waals surface area contributed by atoms with Crippen molar-refractivity contribution in [3.63, 3.8) is 0 Å². The van der Waals surface area contributed by atoms with E-state index in [0.717, 1.165) is 0 Å². The van der Waals surface area contributed by atoms with Gasteiger partial charge in [0, 0.05) is 21.1 Å². The number of carbonyl (C=O) groups excluding carboxylic acids is 3. The highest BCUT2D eigenvalue weighted by Crippen LogP contribution is 1.96. The number of rotatable bonds is 6. The first kappa shape index (κ1) is 16.4. The fourth-order valence-electron chi connectivity index (χ4n) is 1.24. The van der Waals surface area contributed by atoms with Crippen LogP contribution in [0.4, 0.5) is 0 Å². The minimum absolute atomic E-state index is 0.0306. The standard InChI is InChI=1S/C11H22N4O3/c1-5-8(12)11(18)15(4)7-10(17)14(3)6-9(16)13-2/h8H,5-7,12H2,1-4H3,(H,13,16)/t8-/m0/s1. The molecule has 0 saturated heterocycles. The lowest BCUT2D eigenvalue weighted by molar-refractivity contribution is -0.140. The highest BCUT2D eigenvalue weighted by Gasteiger charge is 2.20. The minimum Gasteiger partial charge on any atom is -0.358 e. The second kappa shape index (κ2) is 7.65. The van der Waals surface area contributed by atoms with Crippen LogP contribution in [0.1, 0.15) is 13.3 Å². The monoisotopic (exact) mass is 258 g/mol. The molecule has 0 radical (unpaired) electrons. The molecule has 0 aliphatic carbocycles. The molecule has 1 atom stereocenters. The third-order valence-electron chi connectivity index (χ3n) is 2.59. The Morgan fingerprint density at radius 2 is 1.72 bits per heavy atom. The summed E-state index contributed by atoms with van der Waals surface area (Å²) in [4.78, 5) is 37.0. The van der Waals surface area contributed by atoms with Crippen LogP contribution in [0, 0.1) is 0 Å². The summed E-state index contributed by atoms with van der Waals surface area (Å²) in [6, 6.07) is -0.591. The summed E-state index contributed by atoms with van der Waals surface area (Å²) < 4.78 is 0. The maximum absolute atomic E-state index is 11.7. The molecule has 0 aromatic carbocycles. The van der Waals surface area contributed by atoms with Crippen molar-refractivity contribution in [3.05, 3.63) is 0 Å². The number of hydrogen-bond acceptors (Lipinski definition) is 4. The van der Waals surface area contributed by atoms with Crippen LogP contribution in [0.5, 0.6) is 0 Å². The van der Waals surface area contributed by atoms with E-state index in [1.54, 1.807) is 6.92 Å². The Kier molecular flexibility index (Phi) is 6.96. The van der Waals surface area contributed by atoms with Crippen molar-refractivity contribution in [2.45, 2.75) is 19.4 Å². The third kappa shape index (κ3) is 5.13. The summed E-state index contributed by atoms with van der Waals surface area (Å²) >= 11 is 0. The molecule has 7 nitrogen and oxygen atoms in total. The average Bonchev–Trinajstić information content (AvgIpc) is 2.36. The lowest BCUT2D eigenvalue weighted by atomic mass is 10.2. The zero-order chi connectivity index (χ0) is 14.3. The van der Waals surface area contributed by atoms with Gasteiger partial charge in [0.1, 0.15) is 0 Å². The van der Waals surface area contributed by atoms with Crippen LogP contribution in [0.2, 0.25) is 0 Å². The van der Waals surface area contributed by atoms with E-state index in [4.69, 9.17) is 5.73 Å². The zero-order valence-electron chi connectivity index (χ0n) is 11.4. The van der Waals surface area contributed by atoms with Gasteiger partial charge in [0.05, 0.1) is 19.1 Å². The summed E-state index contributed by atoms with van der Waals surface area (Å²) in [6.45, 7) is 1.69. The molecular formula is C11H22N4O3. The first-order chi connectivity index (χ1) is 8.33. The SMILES string of the molecule is CC[C@H](N)C(=O)N(C)CC(=O)N(C)CC(=O)NC. The summed E-state index contributed by atoms with van der Waals surface area (Å²) in [6.07, 6.45) is 0.519. The van der Waals surface area contributed by atoms with Gasteiger partial charge in [-0.25, -0.2) is 0 Å². The maximum atomic E-state index is 11.7. The van der Waals surface area contributed by atoms with Gasteiger partial charge in [0.2, 0.25) is 17.7 Å². The molecule has 0 fully saturated rings. The van der Waals surface area contributed by atoms with Crippen molar-refractivity contribution >= 4 is 17.7 Å². The fourth-order valence-corrected chi connectivity index (χ4v) is 1.24. The summed E-state index contributed by atoms with van der Waals surface area (Å²) in [5.74, 6) is -0.845. The van der Waals surface area contributed by atoms with Crippen molar-refractivity contribution < 1.29 is 14.4 Å². The molecule has 0 saturated carbocycles. The molecule has 0 aromatic heterocycles. The lowest BCUT2D eigenvalue weighted by Crippen LogP contribution is -2.47. The van der Waals surface area contributed by atoms with E-state index in [-0.39, 0.29) is 30.8 Å². The van der Waals surface area contributed by atoms with Crippen LogP contribution >= 0.6 is 0 Å². The molecule has 3 amide bonds. The predicted octanol–water partition coefficient (Wildman–Crippen LogP) is -1.61. The van der Waals surface area contributed by atoms with E-state index in [0.29, 0.717) is 6.42 Å². The number of nitrogens with two attached hydrogens (primary N) is 1. The molecule has 0 aromatic rings. The number of nitrogens with one attached hydrogen (secondary N) is 1. The van der Waals surface area contributed by atoms with E-state index in [1.165, 1.54) is 30.9 Å². The molecule has 0 heterocycles. The Bertz CT molecular complexity index is 319. The number of hydrogen-bond donors (Lipinski definition) is 2. The van der Waals surface area contributed by atoms with Crippen LogP contribution in [0.3, 0.4) is 0 Å². The zero-order valence-corrected chi connectivity index (χ0v) is 11.4. The van der Waals surface area contributed by atoms with Crippen molar-refractivity contribution in [2.24, 2.45) is 5.73 Å². The topological polar surface area (TPSA) is 95.7 Å². The average molecular weight is 258 g/mol. The van der Waals surface area contributed by atoms with Gasteiger partial charge in [0.25, 0.3) is 0 Å². The molecule has 0 unspecified atom stereocenters. The second-order valence-corrected chi connectivity index (χ2v) is 4.13. The Labute approximate surface area is 107 Å². The van der Waals surface area contributed by atoms with Crippen molar-refractivity contribution in [2.75, 3.05) is 34.2 Å². The molecule has 104 valence electrons. The molecule has 3 N–H and O–H groups in total. The predicted molar refractivity (Wildman–Crippen MR) is 67.6 cm³/mol. The van der Waals surface area contributed by atoms with E-state index < -0.39 is 6.04 Å². The van der Waals surface area contributed by atoms with Gasteiger partial charge in [-0.15, -0.1) is 0 Å². The largest absolute Gasteiger partial charge is 0.358 e. The van der Waals surface area contributed by atoms with Gasteiger partial charge in [0.15, 0.2) is 0 Å². The van der Waals surface area contributed by atoms with E-state index in [9.17, 15) is 14.4 Å². The van der Waals surface area contributed by atoms with Gasteiger partial charge in [-0.3, -0.25) is 14.4 Å². The maximum Gasteiger partial charge on any atom is 0.242 e. The van der Waals surface area contributed by atoms with Crippen molar-refractivity contribution in [1.82, 2.24) is 15.1 Å². The summed E-state index contributed by atoms with van der Waals surface area (Å²) in [5, 5.41) is 2.42.